The highest BCUT2D eigenvalue weighted by atomic mass is 32.2. The molecule has 0 aliphatic carbocycles. The van der Waals surface area contributed by atoms with E-state index >= 15 is 0 Å². The number of benzene rings is 2. The molecule has 2 aromatic rings. The molecule has 0 fully saturated rings. The molecule has 35 heavy (non-hydrogen) atoms. The summed E-state index contributed by atoms with van der Waals surface area (Å²) in [7, 11) is 0. The van der Waals surface area contributed by atoms with Crippen LogP contribution in [0.1, 0.15) is 80.1 Å². The first-order valence-corrected chi connectivity index (χ1v) is 12.8. The van der Waals surface area contributed by atoms with Crippen LogP contribution in [0.25, 0.3) is 10.8 Å². The van der Waals surface area contributed by atoms with E-state index in [9.17, 15) is 14.4 Å². The van der Waals surface area contributed by atoms with Gasteiger partial charge in [-0.1, -0.05) is 77.6 Å². The molecule has 0 bridgehead atoms. The summed E-state index contributed by atoms with van der Waals surface area (Å²) in [6, 6.07) is 8.78. The minimum absolute atomic E-state index is 0.161. The molecule has 0 aromatic heterocycles. The van der Waals surface area contributed by atoms with E-state index in [0.717, 1.165) is 25.7 Å². The van der Waals surface area contributed by atoms with Crippen molar-refractivity contribution in [3.63, 3.8) is 0 Å². The fourth-order valence-corrected chi connectivity index (χ4v) is 4.23. The fourth-order valence-electron chi connectivity index (χ4n) is 3.65. The van der Waals surface area contributed by atoms with Crippen molar-refractivity contribution in [3.05, 3.63) is 30.3 Å². The summed E-state index contributed by atoms with van der Waals surface area (Å²) in [5, 5.41) is 13.3. The van der Waals surface area contributed by atoms with E-state index in [1.807, 2.05) is 39.8 Å². The lowest BCUT2D eigenvalue weighted by Gasteiger charge is -2.26. The van der Waals surface area contributed by atoms with Crippen molar-refractivity contribution in [2.75, 3.05) is 5.32 Å². The van der Waals surface area contributed by atoms with Gasteiger partial charge in [0.2, 0.25) is 5.91 Å². The second kappa shape index (κ2) is 12.3. The molecular formula is C27H37NO6S. The van der Waals surface area contributed by atoms with Gasteiger partial charge in [0, 0.05) is 22.3 Å². The van der Waals surface area contributed by atoms with Crippen LogP contribution in [0.3, 0.4) is 0 Å². The minimum Gasteiger partial charge on any atom is -0.449 e. The lowest BCUT2D eigenvalue weighted by molar-refractivity contribution is -0.144. The van der Waals surface area contributed by atoms with Crippen LogP contribution in [-0.2, 0) is 13.8 Å². The van der Waals surface area contributed by atoms with Gasteiger partial charge in [-0.15, -0.1) is 0 Å². The Hall–Kier alpha value is -2.74. The van der Waals surface area contributed by atoms with Gasteiger partial charge >= 0.3 is 12.1 Å². The van der Waals surface area contributed by atoms with E-state index in [1.54, 1.807) is 18.2 Å². The monoisotopic (exact) mass is 503 g/mol. The lowest BCUT2D eigenvalue weighted by Crippen LogP contribution is -2.32. The van der Waals surface area contributed by atoms with Crippen LogP contribution >= 0.6 is 12.0 Å². The Balaban J connectivity index is 2.58. The molecule has 7 nitrogen and oxygen atoms in total. The molecule has 2 rings (SSSR count). The lowest BCUT2D eigenvalue weighted by atomic mass is 9.86. The average Bonchev–Trinajstić information content (AvgIpc) is 2.81. The summed E-state index contributed by atoms with van der Waals surface area (Å²) in [4.78, 5) is 37.9. The van der Waals surface area contributed by atoms with Gasteiger partial charge in [0.25, 0.3) is 0 Å². The zero-order chi connectivity index (χ0) is 26.2. The highest BCUT2D eigenvalue weighted by Crippen LogP contribution is 2.42. The molecule has 0 saturated carbocycles. The fraction of sp³-hybridized carbons (Fsp3) is 0.519. The first-order chi connectivity index (χ1) is 16.4. The van der Waals surface area contributed by atoms with Crippen LogP contribution in [0, 0.1) is 10.8 Å². The molecule has 0 aliphatic heterocycles. The van der Waals surface area contributed by atoms with E-state index < -0.39 is 23.0 Å². The Morgan fingerprint density at radius 2 is 1.51 bits per heavy atom. The average molecular weight is 504 g/mol. The molecule has 8 heteroatoms. The van der Waals surface area contributed by atoms with E-state index in [2.05, 4.69) is 19.2 Å². The van der Waals surface area contributed by atoms with Gasteiger partial charge in [-0.2, -0.15) is 0 Å². The number of anilines is 1. The number of rotatable bonds is 12. The molecule has 0 spiro atoms. The Morgan fingerprint density at radius 1 is 0.943 bits per heavy atom. The van der Waals surface area contributed by atoms with Crippen LogP contribution in [0.5, 0.6) is 5.75 Å². The van der Waals surface area contributed by atoms with Crippen LogP contribution in [0.15, 0.2) is 35.2 Å². The van der Waals surface area contributed by atoms with Crippen LogP contribution in [0.4, 0.5) is 10.5 Å². The summed E-state index contributed by atoms with van der Waals surface area (Å²) in [6.07, 6.45) is 3.66. The number of carboxylic acid groups (broad SMARTS) is 1. The number of hydrogen-bond donors (Lipinski definition) is 2. The molecule has 0 atom stereocenters. The second-order valence-corrected chi connectivity index (χ2v) is 10.8. The molecule has 2 aromatic carbocycles. The summed E-state index contributed by atoms with van der Waals surface area (Å²) >= 11 is 0.661. The number of carbonyl (C=O) groups is 3. The third-order valence-corrected chi connectivity index (χ3v) is 6.84. The van der Waals surface area contributed by atoms with Crippen molar-refractivity contribution >= 4 is 46.5 Å². The number of hydrogen-bond acceptors (Lipinski definition) is 6. The summed E-state index contributed by atoms with van der Waals surface area (Å²) in [5.74, 6) is -0.438. The number of carbonyl (C=O) groups excluding carboxylic acids is 2. The van der Waals surface area contributed by atoms with Crippen molar-refractivity contribution in [3.8, 4) is 5.75 Å². The third-order valence-electron chi connectivity index (χ3n) is 6.09. The first-order valence-electron chi connectivity index (χ1n) is 12.1. The molecule has 1 amide bonds. The van der Waals surface area contributed by atoms with Crippen LogP contribution < -0.4 is 10.1 Å². The smallest absolute Gasteiger partial charge is 0.449 e. The molecule has 0 unspecified atom stereocenters. The maximum Gasteiger partial charge on any atom is 0.518 e. The molecule has 0 aliphatic rings. The van der Waals surface area contributed by atoms with Gasteiger partial charge in [0.15, 0.2) is 5.75 Å². The third kappa shape index (κ3) is 7.62. The summed E-state index contributed by atoms with van der Waals surface area (Å²) in [5.41, 5.74) is -0.971. The number of nitrogens with one attached hydrogen (secondary N) is 1. The molecule has 192 valence electrons. The van der Waals surface area contributed by atoms with E-state index in [0.29, 0.717) is 46.2 Å². The predicted molar refractivity (Wildman–Crippen MR) is 140 cm³/mol. The molecule has 0 heterocycles. The number of amides is 1. The summed E-state index contributed by atoms with van der Waals surface area (Å²) < 4.78 is 10.6. The van der Waals surface area contributed by atoms with Crippen molar-refractivity contribution in [1.82, 2.24) is 0 Å². The zero-order valence-electron chi connectivity index (χ0n) is 21.5. The van der Waals surface area contributed by atoms with Gasteiger partial charge in [-0.25, -0.2) is 4.79 Å². The SMILES string of the molecule is CCCCC(C)(C)C(=O)Nc1c(OC(=O)C(C)(C)CCCC)cc(SOC(=O)O)c2ccccc12. The van der Waals surface area contributed by atoms with E-state index in [4.69, 9.17) is 14.0 Å². The first kappa shape index (κ1) is 28.5. The molecule has 2 N–H and O–H groups in total. The number of fused-ring (bicyclic) bond motifs is 1. The van der Waals surface area contributed by atoms with Crippen molar-refractivity contribution < 1.29 is 28.4 Å². The Labute approximate surface area is 212 Å². The minimum atomic E-state index is -1.44. The summed E-state index contributed by atoms with van der Waals surface area (Å²) in [6.45, 7) is 11.6. The number of ether oxygens (including phenoxy) is 1. The topological polar surface area (TPSA) is 102 Å². The van der Waals surface area contributed by atoms with Crippen LogP contribution in [0.2, 0.25) is 0 Å². The van der Waals surface area contributed by atoms with Crippen molar-refractivity contribution in [2.45, 2.75) is 85.0 Å². The largest absolute Gasteiger partial charge is 0.518 e. The van der Waals surface area contributed by atoms with Crippen molar-refractivity contribution in [2.24, 2.45) is 10.8 Å². The Bertz CT molecular complexity index is 1060. The Morgan fingerprint density at radius 3 is 2.09 bits per heavy atom. The second-order valence-electron chi connectivity index (χ2n) is 10.0. The van der Waals surface area contributed by atoms with Crippen LogP contribution in [-0.4, -0.2) is 23.1 Å². The maximum absolute atomic E-state index is 13.3. The zero-order valence-corrected chi connectivity index (χ0v) is 22.3. The van der Waals surface area contributed by atoms with Gasteiger partial charge in [-0.3, -0.25) is 9.59 Å². The predicted octanol–water partition coefficient (Wildman–Crippen LogP) is 7.82. The molecular weight excluding hydrogens is 466 g/mol. The standard InChI is InChI=1S/C27H37NO6S/c1-7-9-15-26(3,4)23(29)28-22-19-14-12-11-13-18(19)21(35-34-25(31)32)17-20(22)33-24(30)27(5,6)16-10-8-2/h11-14,17H,7-10,15-16H2,1-6H3,(H,28,29)(H,31,32). The normalized spacial score (nSPS) is 11.8. The molecule has 0 saturated heterocycles. The van der Waals surface area contributed by atoms with Gasteiger partial charge in [0.1, 0.15) is 12.0 Å². The van der Waals surface area contributed by atoms with Gasteiger partial charge in [0.05, 0.1) is 16.0 Å². The Kier molecular flexibility index (Phi) is 10.0. The maximum atomic E-state index is 13.3. The quantitative estimate of drug-likeness (QED) is 0.173. The van der Waals surface area contributed by atoms with E-state index in [1.165, 1.54) is 0 Å². The van der Waals surface area contributed by atoms with Gasteiger partial charge in [-0.05, 0) is 26.7 Å². The molecule has 0 radical (unpaired) electrons. The highest BCUT2D eigenvalue weighted by molar-refractivity contribution is 7.95. The number of unbranched alkanes of at least 4 members (excludes halogenated alkanes) is 2. The van der Waals surface area contributed by atoms with E-state index in [-0.39, 0.29) is 11.7 Å². The van der Waals surface area contributed by atoms with Gasteiger partial charge < -0.3 is 19.3 Å². The van der Waals surface area contributed by atoms with Crippen molar-refractivity contribution in [1.29, 1.82) is 0 Å². The highest BCUT2D eigenvalue weighted by Gasteiger charge is 2.32. The number of esters is 1.